The molecule has 5 nitrogen and oxygen atoms in total. The van der Waals surface area contributed by atoms with E-state index in [-0.39, 0.29) is 17.9 Å². The summed E-state index contributed by atoms with van der Waals surface area (Å²) in [4.78, 5) is 18.2. The molecular weight excluding hydrogens is 374 g/mol. The summed E-state index contributed by atoms with van der Waals surface area (Å²) in [5.74, 6) is 0.816. The van der Waals surface area contributed by atoms with E-state index in [0.717, 1.165) is 38.4 Å². The lowest BCUT2D eigenvalue weighted by Gasteiger charge is -2.49. The van der Waals surface area contributed by atoms with Gasteiger partial charge in [0, 0.05) is 31.9 Å². The number of hydrogen-bond acceptors (Lipinski definition) is 4. The van der Waals surface area contributed by atoms with E-state index >= 15 is 0 Å². The van der Waals surface area contributed by atoms with E-state index in [1.807, 2.05) is 12.1 Å². The van der Waals surface area contributed by atoms with Crippen molar-refractivity contribution in [2.75, 3.05) is 24.5 Å². The van der Waals surface area contributed by atoms with Gasteiger partial charge >= 0.3 is 0 Å². The fourth-order valence-corrected chi connectivity index (χ4v) is 4.82. The predicted octanol–water partition coefficient (Wildman–Crippen LogP) is 3.46. The van der Waals surface area contributed by atoms with E-state index in [4.69, 9.17) is 4.42 Å². The van der Waals surface area contributed by atoms with E-state index in [0.29, 0.717) is 6.54 Å². The molecule has 3 aromatic rings. The molecule has 2 aliphatic heterocycles. The number of anilines is 1. The van der Waals surface area contributed by atoms with E-state index in [1.54, 1.807) is 6.26 Å². The van der Waals surface area contributed by atoms with Crippen LogP contribution < -0.4 is 10.2 Å². The number of carbonyl (C=O) groups excluding carboxylic acids is 1. The third-order valence-electron chi connectivity index (χ3n) is 6.31. The number of amides is 1. The number of para-hydroxylation sites is 1. The highest BCUT2D eigenvalue weighted by Gasteiger charge is 2.41. The molecule has 2 atom stereocenters. The summed E-state index contributed by atoms with van der Waals surface area (Å²) < 4.78 is 5.38. The van der Waals surface area contributed by atoms with Crippen LogP contribution in [0.2, 0.25) is 0 Å². The average Bonchev–Trinajstić information content (AvgIpc) is 3.31. The van der Waals surface area contributed by atoms with Crippen LogP contribution in [0, 0.1) is 5.92 Å². The first-order valence-corrected chi connectivity index (χ1v) is 10.7. The van der Waals surface area contributed by atoms with Crippen molar-refractivity contribution in [3.05, 3.63) is 89.9 Å². The molecule has 0 spiro atoms. The molecule has 2 aliphatic rings. The largest absolute Gasteiger partial charge is 0.467 e. The van der Waals surface area contributed by atoms with Gasteiger partial charge in [-0.05, 0) is 35.7 Å². The molecule has 1 aromatic heterocycles. The van der Waals surface area contributed by atoms with Gasteiger partial charge in [0.2, 0.25) is 5.91 Å². The maximum atomic E-state index is 13.2. The molecule has 0 radical (unpaired) electrons. The molecule has 1 N–H and O–H groups in total. The van der Waals surface area contributed by atoms with Crippen LogP contribution in [0.15, 0.2) is 77.4 Å². The quantitative estimate of drug-likeness (QED) is 0.711. The number of nitrogens with one attached hydrogen (secondary N) is 1. The molecular formula is C25H27N3O2. The predicted molar refractivity (Wildman–Crippen MR) is 117 cm³/mol. The zero-order chi connectivity index (χ0) is 20.3. The molecule has 5 heteroatoms. The van der Waals surface area contributed by atoms with E-state index in [1.165, 1.54) is 16.8 Å². The number of nitrogens with zero attached hydrogens (tertiary/aromatic N) is 2. The molecule has 5 rings (SSSR count). The zero-order valence-corrected chi connectivity index (χ0v) is 17.0. The zero-order valence-electron chi connectivity index (χ0n) is 17.0. The summed E-state index contributed by atoms with van der Waals surface area (Å²) in [5, 5.41) is 3.11. The SMILES string of the molecule is O=C(NCc1ccco1)[C@H]1Cc2ccccc2N2CCN(Cc3ccccc3)C[C@H]12. The third kappa shape index (κ3) is 3.85. The first-order chi connectivity index (χ1) is 14.8. The van der Waals surface area contributed by atoms with Crippen LogP contribution in [0.5, 0.6) is 0 Å². The number of hydrogen-bond donors (Lipinski definition) is 1. The minimum Gasteiger partial charge on any atom is -0.467 e. The number of carbonyl (C=O) groups is 1. The summed E-state index contributed by atoms with van der Waals surface area (Å²) in [6.45, 7) is 4.19. The van der Waals surface area contributed by atoms with Crippen LogP contribution >= 0.6 is 0 Å². The van der Waals surface area contributed by atoms with Crippen LogP contribution in [0.4, 0.5) is 5.69 Å². The maximum absolute atomic E-state index is 13.2. The Morgan fingerprint density at radius 3 is 2.67 bits per heavy atom. The summed E-state index contributed by atoms with van der Waals surface area (Å²) >= 11 is 0. The highest BCUT2D eigenvalue weighted by molar-refractivity contribution is 5.82. The first-order valence-electron chi connectivity index (χ1n) is 10.7. The Kier molecular flexibility index (Phi) is 5.28. The minimum atomic E-state index is -0.0755. The maximum Gasteiger partial charge on any atom is 0.225 e. The number of rotatable bonds is 5. The topological polar surface area (TPSA) is 48.7 Å². The number of fused-ring (bicyclic) bond motifs is 3. The van der Waals surface area contributed by atoms with Crippen molar-refractivity contribution in [2.45, 2.75) is 25.6 Å². The second kappa shape index (κ2) is 8.36. The van der Waals surface area contributed by atoms with Gasteiger partial charge < -0.3 is 14.6 Å². The molecule has 0 aliphatic carbocycles. The highest BCUT2D eigenvalue weighted by atomic mass is 16.3. The summed E-state index contributed by atoms with van der Waals surface area (Å²) in [6.07, 6.45) is 2.42. The summed E-state index contributed by atoms with van der Waals surface area (Å²) in [6, 6.07) is 23.0. The van der Waals surface area contributed by atoms with E-state index in [9.17, 15) is 4.79 Å². The molecule has 154 valence electrons. The van der Waals surface area contributed by atoms with Gasteiger partial charge in [-0.15, -0.1) is 0 Å². The van der Waals surface area contributed by atoms with Gasteiger partial charge in [-0.1, -0.05) is 48.5 Å². The number of piperazine rings is 1. The van der Waals surface area contributed by atoms with Crippen molar-refractivity contribution in [3.8, 4) is 0 Å². The van der Waals surface area contributed by atoms with Gasteiger partial charge in [-0.25, -0.2) is 0 Å². The fourth-order valence-electron chi connectivity index (χ4n) is 4.82. The smallest absolute Gasteiger partial charge is 0.225 e. The van der Waals surface area contributed by atoms with E-state index < -0.39 is 0 Å². The minimum absolute atomic E-state index is 0.0755. The van der Waals surface area contributed by atoms with E-state index in [2.05, 4.69) is 69.7 Å². The van der Waals surface area contributed by atoms with Crippen LogP contribution in [-0.2, 0) is 24.3 Å². The van der Waals surface area contributed by atoms with Crippen molar-refractivity contribution < 1.29 is 9.21 Å². The van der Waals surface area contributed by atoms with Crippen LogP contribution in [0.3, 0.4) is 0 Å². The van der Waals surface area contributed by atoms with Crippen molar-refractivity contribution >= 4 is 11.6 Å². The second-order valence-corrected chi connectivity index (χ2v) is 8.22. The van der Waals surface area contributed by atoms with Gasteiger partial charge in [-0.3, -0.25) is 9.69 Å². The molecule has 0 bridgehead atoms. The Hall–Kier alpha value is -3.05. The van der Waals surface area contributed by atoms with Crippen molar-refractivity contribution in [1.82, 2.24) is 10.2 Å². The third-order valence-corrected chi connectivity index (χ3v) is 6.31. The Morgan fingerprint density at radius 1 is 1.00 bits per heavy atom. The van der Waals surface area contributed by atoms with Gasteiger partial charge in [0.1, 0.15) is 5.76 Å². The standard InChI is InChI=1S/C25H27N3O2/c29-25(26-16-21-10-6-14-30-21)22-15-20-9-4-5-11-23(20)28-13-12-27(18-24(22)28)17-19-7-2-1-3-8-19/h1-11,14,22,24H,12-13,15-18H2,(H,26,29)/t22-,24+/m0/s1. The van der Waals surface area contributed by atoms with Gasteiger partial charge in [-0.2, -0.15) is 0 Å². The Labute approximate surface area is 177 Å². The fraction of sp³-hybridized carbons (Fsp3) is 0.320. The second-order valence-electron chi connectivity index (χ2n) is 8.22. The first kappa shape index (κ1) is 18.9. The lowest BCUT2D eigenvalue weighted by Crippen LogP contribution is -2.60. The molecule has 0 saturated carbocycles. The van der Waals surface area contributed by atoms with Crippen LogP contribution in [-0.4, -0.2) is 36.5 Å². The molecule has 2 aromatic carbocycles. The molecule has 1 saturated heterocycles. The highest BCUT2D eigenvalue weighted by Crippen LogP contribution is 2.36. The Morgan fingerprint density at radius 2 is 1.83 bits per heavy atom. The van der Waals surface area contributed by atoms with Crippen molar-refractivity contribution in [1.29, 1.82) is 0 Å². The monoisotopic (exact) mass is 401 g/mol. The Bertz CT molecular complexity index is 987. The van der Waals surface area contributed by atoms with Gasteiger partial charge in [0.15, 0.2) is 0 Å². The van der Waals surface area contributed by atoms with Crippen molar-refractivity contribution in [2.24, 2.45) is 5.92 Å². The van der Waals surface area contributed by atoms with Crippen molar-refractivity contribution in [3.63, 3.8) is 0 Å². The lowest BCUT2D eigenvalue weighted by molar-refractivity contribution is -0.126. The molecule has 1 fully saturated rings. The van der Waals surface area contributed by atoms with Crippen LogP contribution in [0.1, 0.15) is 16.9 Å². The summed E-state index contributed by atoms with van der Waals surface area (Å²) in [7, 11) is 0. The molecule has 30 heavy (non-hydrogen) atoms. The van der Waals surface area contributed by atoms with Gasteiger partial charge in [0.25, 0.3) is 0 Å². The molecule has 3 heterocycles. The number of benzene rings is 2. The van der Waals surface area contributed by atoms with Gasteiger partial charge in [0.05, 0.1) is 24.8 Å². The molecule has 1 amide bonds. The van der Waals surface area contributed by atoms with Crippen LogP contribution in [0.25, 0.3) is 0 Å². The number of furan rings is 1. The average molecular weight is 402 g/mol. The molecule has 0 unspecified atom stereocenters. The normalized spacial score (nSPS) is 21.0. The summed E-state index contributed by atoms with van der Waals surface area (Å²) in [5.41, 5.74) is 3.88. The Balaban J connectivity index is 1.36. The lowest BCUT2D eigenvalue weighted by atomic mass is 9.83.